The number of nitrogens with zero attached hydrogens (tertiary/aromatic N) is 2. The van der Waals surface area contributed by atoms with E-state index in [2.05, 4.69) is 21.9 Å². The third-order valence-corrected chi connectivity index (χ3v) is 5.61. The van der Waals surface area contributed by atoms with Gasteiger partial charge in [-0.05, 0) is 37.9 Å². The summed E-state index contributed by atoms with van der Waals surface area (Å²) in [4.78, 5) is 5.05. The molecule has 3 fully saturated rings. The average molecular weight is 320 g/mol. The largest absolute Gasteiger partial charge is 0.465 e. The highest BCUT2D eigenvalue weighted by Gasteiger charge is 2.41. The standard InChI is InChI=1S/C18H28N2O3/c1-14-2-3-16(23-14)10-20-5-4-15-13-22-18(17(15)11-20)12-19-6-8-21-9-7-19/h2-3,15,17-18H,4-13H2,1H3/t15-,17-,18+/m1/s1. The zero-order valence-corrected chi connectivity index (χ0v) is 14.1. The molecule has 1 aromatic rings. The summed E-state index contributed by atoms with van der Waals surface area (Å²) in [5.74, 6) is 3.51. The van der Waals surface area contributed by atoms with Crippen molar-refractivity contribution in [2.24, 2.45) is 11.8 Å². The molecule has 0 aromatic carbocycles. The highest BCUT2D eigenvalue weighted by molar-refractivity contribution is 5.06. The average Bonchev–Trinajstić information content (AvgIpc) is 3.15. The van der Waals surface area contributed by atoms with E-state index < -0.39 is 0 Å². The first-order valence-electron chi connectivity index (χ1n) is 8.97. The fourth-order valence-corrected chi connectivity index (χ4v) is 4.26. The van der Waals surface area contributed by atoms with Crippen LogP contribution in [0.5, 0.6) is 0 Å². The van der Waals surface area contributed by atoms with Gasteiger partial charge in [-0.1, -0.05) is 0 Å². The highest BCUT2D eigenvalue weighted by atomic mass is 16.5. The molecule has 5 nitrogen and oxygen atoms in total. The number of likely N-dealkylation sites (tertiary alicyclic amines) is 1. The van der Waals surface area contributed by atoms with Crippen molar-refractivity contribution in [1.29, 1.82) is 0 Å². The molecule has 23 heavy (non-hydrogen) atoms. The van der Waals surface area contributed by atoms with Crippen LogP contribution in [0, 0.1) is 18.8 Å². The molecule has 3 aliphatic rings. The van der Waals surface area contributed by atoms with Crippen LogP contribution in [0.25, 0.3) is 0 Å². The Morgan fingerprint density at radius 3 is 2.78 bits per heavy atom. The Morgan fingerprint density at radius 2 is 2.00 bits per heavy atom. The molecule has 3 atom stereocenters. The number of piperidine rings is 1. The zero-order valence-electron chi connectivity index (χ0n) is 14.1. The van der Waals surface area contributed by atoms with Gasteiger partial charge in [0, 0.05) is 32.1 Å². The lowest BCUT2D eigenvalue weighted by Crippen LogP contribution is -2.47. The van der Waals surface area contributed by atoms with Crippen LogP contribution in [0.2, 0.25) is 0 Å². The molecule has 0 radical (unpaired) electrons. The lowest BCUT2D eigenvalue weighted by atomic mass is 9.84. The SMILES string of the molecule is Cc1ccc(CN2CC[C@@H]3CO[C@@H](CN4CCOCC4)[C@@H]3C2)o1. The van der Waals surface area contributed by atoms with Gasteiger partial charge in [-0.15, -0.1) is 0 Å². The molecular formula is C18H28N2O3. The first-order chi connectivity index (χ1) is 11.3. The monoisotopic (exact) mass is 320 g/mol. The number of furan rings is 1. The zero-order chi connectivity index (χ0) is 15.6. The number of morpholine rings is 1. The van der Waals surface area contributed by atoms with Crippen LogP contribution in [0.3, 0.4) is 0 Å². The van der Waals surface area contributed by atoms with Gasteiger partial charge in [-0.3, -0.25) is 9.80 Å². The normalized spacial score (nSPS) is 33.0. The second-order valence-corrected chi connectivity index (χ2v) is 7.24. The van der Waals surface area contributed by atoms with Gasteiger partial charge in [0.2, 0.25) is 0 Å². The summed E-state index contributed by atoms with van der Waals surface area (Å²) in [7, 11) is 0. The van der Waals surface area contributed by atoms with Crippen molar-refractivity contribution in [1.82, 2.24) is 9.80 Å². The lowest BCUT2D eigenvalue weighted by Gasteiger charge is -2.37. The van der Waals surface area contributed by atoms with Crippen molar-refractivity contribution in [3.8, 4) is 0 Å². The highest BCUT2D eigenvalue weighted by Crippen LogP contribution is 2.35. The third-order valence-electron chi connectivity index (χ3n) is 5.61. The van der Waals surface area contributed by atoms with Gasteiger partial charge < -0.3 is 13.9 Å². The Hall–Kier alpha value is -0.880. The van der Waals surface area contributed by atoms with E-state index in [9.17, 15) is 0 Å². The fraction of sp³-hybridized carbons (Fsp3) is 0.778. The third kappa shape index (κ3) is 3.63. The summed E-state index contributed by atoms with van der Waals surface area (Å²) in [6.07, 6.45) is 1.64. The maximum absolute atomic E-state index is 6.17. The van der Waals surface area contributed by atoms with E-state index in [-0.39, 0.29) is 0 Å². The number of aryl methyl sites for hydroxylation is 1. The van der Waals surface area contributed by atoms with Crippen LogP contribution in [0.1, 0.15) is 17.9 Å². The topological polar surface area (TPSA) is 38.1 Å². The molecular weight excluding hydrogens is 292 g/mol. The van der Waals surface area contributed by atoms with Gasteiger partial charge in [0.05, 0.1) is 32.5 Å². The van der Waals surface area contributed by atoms with Crippen LogP contribution in [0.4, 0.5) is 0 Å². The van der Waals surface area contributed by atoms with Crippen LogP contribution < -0.4 is 0 Å². The maximum atomic E-state index is 6.17. The molecule has 0 N–H and O–H groups in total. The summed E-state index contributed by atoms with van der Waals surface area (Å²) in [5.41, 5.74) is 0. The van der Waals surface area contributed by atoms with Gasteiger partial charge in [0.25, 0.3) is 0 Å². The molecule has 0 aliphatic carbocycles. The lowest BCUT2D eigenvalue weighted by molar-refractivity contribution is -0.00519. The molecule has 5 heteroatoms. The molecule has 0 bridgehead atoms. The molecule has 3 saturated heterocycles. The Bertz CT molecular complexity index is 512. The first kappa shape index (κ1) is 15.6. The van der Waals surface area contributed by atoms with E-state index >= 15 is 0 Å². The molecule has 0 amide bonds. The van der Waals surface area contributed by atoms with Gasteiger partial charge in [-0.2, -0.15) is 0 Å². The molecule has 3 aliphatic heterocycles. The predicted octanol–water partition coefficient (Wildman–Crippen LogP) is 1.76. The molecule has 4 rings (SSSR count). The minimum Gasteiger partial charge on any atom is -0.465 e. The number of ether oxygens (including phenoxy) is 2. The molecule has 0 saturated carbocycles. The smallest absolute Gasteiger partial charge is 0.118 e. The molecule has 4 heterocycles. The Balaban J connectivity index is 1.34. The van der Waals surface area contributed by atoms with Crippen LogP contribution in [0.15, 0.2) is 16.5 Å². The van der Waals surface area contributed by atoms with Crippen molar-refractivity contribution in [2.75, 3.05) is 52.5 Å². The van der Waals surface area contributed by atoms with Crippen molar-refractivity contribution in [2.45, 2.75) is 26.0 Å². The second-order valence-electron chi connectivity index (χ2n) is 7.24. The predicted molar refractivity (Wildman–Crippen MR) is 87.3 cm³/mol. The first-order valence-corrected chi connectivity index (χ1v) is 8.97. The number of hydrogen-bond acceptors (Lipinski definition) is 5. The minimum atomic E-state index is 0.388. The summed E-state index contributed by atoms with van der Waals surface area (Å²) in [5, 5.41) is 0. The molecule has 1 aromatic heterocycles. The molecule has 0 spiro atoms. The van der Waals surface area contributed by atoms with E-state index in [0.29, 0.717) is 12.0 Å². The van der Waals surface area contributed by atoms with E-state index in [1.165, 1.54) is 6.42 Å². The van der Waals surface area contributed by atoms with Gasteiger partial charge >= 0.3 is 0 Å². The number of hydrogen-bond donors (Lipinski definition) is 0. The van der Waals surface area contributed by atoms with Gasteiger partial charge in [0.1, 0.15) is 11.5 Å². The summed E-state index contributed by atoms with van der Waals surface area (Å²) < 4.78 is 17.4. The summed E-state index contributed by atoms with van der Waals surface area (Å²) >= 11 is 0. The Labute approximate surface area is 138 Å². The second kappa shape index (κ2) is 6.93. The fourth-order valence-electron chi connectivity index (χ4n) is 4.26. The Morgan fingerprint density at radius 1 is 1.13 bits per heavy atom. The van der Waals surface area contributed by atoms with Gasteiger partial charge in [0.15, 0.2) is 0 Å². The minimum absolute atomic E-state index is 0.388. The van der Waals surface area contributed by atoms with Crippen LogP contribution in [-0.2, 0) is 16.0 Å². The summed E-state index contributed by atoms with van der Waals surface area (Å²) in [6.45, 7) is 11.1. The van der Waals surface area contributed by atoms with E-state index in [4.69, 9.17) is 13.9 Å². The quantitative estimate of drug-likeness (QED) is 0.845. The molecule has 128 valence electrons. The van der Waals surface area contributed by atoms with Crippen LogP contribution >= 0.6 is 0 Å². The summed E-state index contributed by atoms with van der Waals surface area (Å²) in [6, 6.07) is 4.17. The van der Waals surface area contributed by atoms with Crippen molar-refractivity contribution >= 4 is 0 Å². The van der Waals surface area contributed by atoms with E-state index in [0.717, 1.165) is 76.5 Å². The van der Waals surface area contributed by atoms with Crippen molar-refractivity contribution in [3.63, 3.8) is 0 Å². The Kier molecular flexibility index (Phi) is 4.71. The van der Waals surface area contributed by atoms with E-state index in [1.807, 2.05) is 6.92 Å². The van der Waals surface area contributed by atoms with Crippen molar-refractivity contribution < 1.29 is 13.9 Å². The van der Waals surface area contributed by atoms with Crippen LogP contribution in [-0.4, -0.2) is 68.4 Å². The maximum Gasteiger partial charge on any atom is 0.118 e. The molecule has 0 unspecified atom stereocenters. The van der Waals surface area contributed by atoms with Gasteiger partial charge in [-0.25, -0.2) is 0 Å². The number of fused-ring (bicyclic) bond motifs is 1. The van der Waals surface area contributed by atoms with Crippen molar-refractivity contribution in [3.05, 3.63) is 23.7 Å². The van der Waals surface area contributed by atoms with E-state index in [1.54, 1.807) is 0 Å². The number of rotatable bonds is 4.